The maximum atomic E-state index is 14.5. The van der Waals surface area contributed by atoms with Gasteiger partial charge < -0.3 is 19.7 Å². The highest BCUT2D eigenvalue weighted by molar-refractivity contribution is 6.34. The van der Waals surface area contributed by atoms with Gasteiger partial charge in [0.1, 0.15) is 12.0 Å². The van der Waals surface area contributed by atoms with Gasteiger partial charge in [-0.3, -0.25) is 9.69 Å². The van der Waals surface area contributed by atoms with Crippen molar-refractivity contribution in [3.63, 3.8) is 0 Å². The number of nitrogens with zero attached hydrogens (tertiary/aromatic N) is 3. The van der Waals surface area contributed by atoms with Gasteiger partial charge in [-0.25, -0.2) is 9.37 Å². The lowest BCUT2D eigenvalue weighted by molar-refractivity contribution is -0.117. The van der Waals surface area contributed by atoms with E-state index in [1.54, 1.807) is 6.20 Å². The molecule has 4 aliphatic rings. The molecule has 1 aliphatic carbocycles. The minimum atomic E-state index is -0.961. The molecule has 1 aromatic carbocycles. The van der Waals surface area contributed by atoms with Gasteiger partial charge in [0.05, 0.1) is 29.5 Å². The summed E-state index contributed by atoms with van der Waals surface area (Å²) in [6, 6.07) is 5.94. The standard InChI is InChI=1S/C27H34ClFN4O3/c1-27(16-36-15-24(27)29)33-6-4-32(5-7-33)23-11-18-12-25(30-14-19(18)10-22(23)28)31-26(34)21-13-20(21)17-2-8-35-9-3-17/h10-12,14,17,20-21,24H,2-9,13,15-16H2,1H3,(H,30,31,34)/t20-,21-,24-,27+/m1/s1. The monoisotopic (exact) mass is 516 g/mol. The number of hydrogen-bond donors (Lipinski definition) is 1. The first-order valence-electron chi connectivity index (χ1n) is 13.1. The summed E-state index contributed by atoms with van der Waals surface area (Å²) in [5, 5.41) is 5.63. The van der Waals surface area contributed by atoms with Crippen molar-refractivity contribution in [3.8, 4) is 0 Å². The third-order valence-electron chi connectivity index (χ3n) is 8.76. The molecule has 0 unspecified atom stereocenters. The number of amides is 1. The number of anilines is 2. The number of carbonyl (C=O) groups excluding carboxylic acids is 1. The van der Waals surface area contributed by atoms with Crippen molar-refractivity contribution in [1.29, 1.82) is 0 Å². The number of benzene rings is 1. The predicted octanol–water partition coefficient (Wildman–Crippen LogP) is 4.14. The zero-order chi connectivity index (χ0) is 24.9. The molecule has 4 heterocycles. The second-order valence-electron chi connectivity index (χ2n) is 11.0. The molecular weight excluding hydrogens is 483 g/mol. The minimum Gasteiger partial charge on any atom is -0.381 e. The summed E-state index contributed by atoms with van der Waals surface area (Å²) >= 11 is 6.67. The summed E-state index contributed by atoms with van der Waals surface area (Å²) in [6.07, 6.45) is 3.88. The van der Waals surface area contributed by atoms with Crippen molar-refractivity contribution in [2.45, 2.75) is 37.9 Å². The van der Waals surface area contributed by atoms with Gasteiger partial charge in [-0.2, -0.15) is 0 Å². The van der Waals surface area contributed by atoms with E-state index in [-0.39, 0.29) is 18.4 Å². The van der Waals surface area contributed by atoms with Crippen LogP contribution in [0.15, 0.2) is 24.4 Å². The molecule has 6 rings (SSSR count). The van der Waals surface area contributed by atoms with Crippen molar-refractivity contribution >= 4 is 39.8 Å². The van der Waals surface area contributed by atoms with Crippen molar-refractivity contribution < 1.29 is 18.7 Å². The van der Waals surface area contributed by atoms with Crippen LogP contribution in [0.1, 0.15) is 26.2 Å². The van der Waals surface area contributed by atoms with Crippen LogP contribution in [-0.2, 0) is 14.3 Å². The maximum Gasteiger partial charge on any atom is 0.228 e. The number of alkyl halides is 1. The van der Waals surface area contributed by atoms with Crippen molar-refractivity contribution in [2.24, 2.45) is 17.8 Å². The largest absolute Gasteiger partial charge is 0.381 e. The summed E-state index contributed by atoms with van der Waals surface area (Å²) in [6.45, 7) is 7.22. The molecule has 1 aromatic heterocycles. The van der Waals surface area contributed by atoms with E-state index in [1.807, 2.05) is 19.1 Å². The molecule has 4 fully saturated rings. The van der Waals surface area contributed by atoms with Gasteiger partial charge >= 0.3 is 0 Å². The molecule has 1 N–H and O–H groups in total. The van der Waals surface area contributed by atoms with E-state index < -0.39 is 11.7 Å². The van der Waals surface area contributed by atoms with E-state index >= 15 is 0 Å². The fourth-order valence-corrected chi connectivity index (χ4v) is 6.54. The van der Waals surface area contributed by atoms with Crippen molar-refractivity contribution in [2.75, 3.05) is 62.8 Å². The third-order valence-corrected chi connectivity index (χ3v) is 9.07. The number of piperazine rings is 1. The number of halogens is 2. The summed E-state index contributed by atoms with van der Waals surface area (Å²) < 4.78 is 25.3. The zero-order valence-electron chi connectivity index (χ0n) is 20.7. The van der Waals surface area contributed by atoms with E-state index in [1.165, 1.54) is 0 Å². The van der Waals surface area contributed by atoms with Crippen LogP contribution < -0.4 is 10.2 Å². The highest BCUT2D eigenvalue weighted by atomic mass is 35.5. The van der Waals surface area contributed by atoms with Gasteiger partial charge in [0.25, 0.3) is 0 Å². The van der Waals surface area contributed by atoms with E-state index in [9.17, 15) is 9.18 Å². The number of aromatic nitrogens is 1. The molecule has 3 saturated heterocycles. The Morgan fingerprint density at radius 2 is 1.92 bits per heavy atom. The fourth-order valence-electron chi connectivity index (χ4n) is 6.25. The number of hydrogen-bond acceptors (Lipinski definition) is 6. The molecule has 1 saturated carbocycles. The van der Waals surface area contributed by atoms with Crippen LogP contribution in [0.25, 0.3) is 10.8 Å². The molecule has 4 atom stereocenters. The Morgan fingerprint density at radius 1 is 1.14 bits per heavy atom. The molecule has 3 aliphatic heterocycles. The zero-order valence-corrected chi connectivity index (χ0v) is 21.5. The molecule has 7 nitrogen and oxygen atoms in total. The lowest BCUT2D eigenvalue weighted by Gasteiger charge is -2.44. The van der Waals surface area contributed by atoms with Gasteiger partial charge in [0, 0.05) is 56.9 Å². The number of rotatable bonds is 5. The highest BCUT2D eigenvalue weighted by Crippen LogP contribution is 2.48. The fraction of sp³-hybridized carbons (Fsp3) is 0.630. The Morgan fingerprint density at radius 3 is 2.64 bits per heavy atom. The first kappa shape index (κ1) is 24.3. The first-order valence-corrected chi connectivity index (χ1v) is 13.5. The SMILES string of the molecule is C[C@]1(N2CCN(c3cc4cc(NC(=O)[C@@H]5C[C@@H]5C5CCOCC5)ncc4cc3Cl)CC2)COC[C@H]1F. The van der Waals surface area contributed by atoms with E-state index in [0.29, 0.717) is 29.3 Å². The van der Waals surface area contributed by atoms with Gasteiger partial charge in [-0.15, -0.1) is 0 Å². The van der Waals surface area contributed by atoms with E-state index in [2.05, 4.69) is 26.2 Å². The van der Waals surface area contributed by atoms with Gasteiger partial charge in [-0.1, -0.05) is 11.6 Å². The first-order chi connectivity index (χ1) is 17.4. The molecule has 0 radical (unpaired) electrons. The normalized spacial score (nSPS) is 31.6. The van der Waals surface area contributed by atoms with Crippen LogP contribution in [0.5, 0.6) is 0 Å². The molecule has 2 aromatic rings. The number of pyridine rings is 1. The smallest absolute Gasteiger partial charge is 0.228 e. The Labute approximate surface area is 216 Å². The molecule has 36 heavy (non-hydrogen) atoms. The van der Waals surface area contributed by atoms with Crippen LogP contribution in [-0.4, -0.2) is 80.1 Å². The average molecular weight is 517 g/mol. The molecule has 9 heteroatoms. The third kappa shape index (κ3) is 4.57. The maximum absolute atomic E-state index is 14.5. The number of nitrogens with one attached hydrogen (secondary N) is 1. The minimum absolute atomic E-state index is 0.0687. The lowest BCUT2D eigenvalue weighted by atomic mass is 9.93. The van der Waals surface area contributed by atoms with E-state index in [4.69, 9.17) is 21.1 Å². The lowest BCUT2D eigenvalue weighted by Crippen LogP contribution is -2.59. The summed E-state index contributed by atoms with van der Waals surface area (Å²) in [4.78, 5) is 21.8. The van der Waals surface area contributed by atoms with Gasteiger partial charge in [0.2, 0.25) is 5.91 Å². The summed E-state index contributed by atoms with van der Waals surface area (Å²) in [5.74, 6) is 1.80. The predicted molar refractivity (Wildman–Crippen MR) is 138 cm³/mol. The highest BCUT2D eigenvalue weighted by Gasteiger charge is 2.48. The second kappa shape index (κ2) is 9.71. The number of ether oxygens (including phenoxy) is 2. The Bertz CT molecular complexity index is 1140. The van der Waals surface area contributed by atoms with Gasteiger partial charge in [0.15, 0.2) is 0 Å². The molecule has 194 valence electrons. The molecular formula is C27H34ClFN4O3. The van der Waals surface area contributed by atoms with Crippen LogP contribution in [0.3, 0.4) is 0 Å². The molecule has 0 bridgehead atoms. The Kier molecular flexibility index (Phi) is 6.56. The number of fused-ring (bicyclic) bond motifs is 1. The molecule has 0 spiro atoms. The van der Waals surface area contributed by atoms with Crippen LogP contribution in [0.2, 0.25) is 5.02 Å². The van der Waals surface area contributed by atoms with Gasteiger partial charge in [-0.05, 0) is 61.6 Å². The summed E-state index contributed by atoms with van der Waals surface area (Å²) in [7, 11) is 0. The second-order valence-corrected chi connectivity index (χ2v) is 11.4. The Balaban J connectivity index is 1.13. The van der Waals surface area contributed by atoms with Crippen molar-refractivity contribution in [3.05, 3.63) is 29.4 Å². The summed E-state index contributed by atoms with van der Waals surface area (Å²) in [5.41, 5.74) is 0.405. The quantitative estimate of drug-likeness (QED) is 0.644. The van der Waals surface area contributed by atoms with E-state index in [0.717, 1.165) is 75.1 Å². The molecule has 1 amide bonds. The van der Waals surface area contributed by atoms with Crippen molar-refractivity contribution in [1.82, 2.24) is 9.88 Å². The van der Waals surface area contributed by atoms with Crippen LogP contribution >= 0.6 is 11.6 Å². The number of carbonyl (C=O) groups is 1. The van der Waals surface area contributed by atoms with Crippen LogP contribution in [0.4, 0.5) is 15.9 Å². The average Bonchev–Trinajstić information content (AvgIpc) is 3.63. The Hall–Kier alpha value is -2.00. The topological polar surface area (TPSA) is 66.9 Å². The van der Waals surface area contributed by atoms with Crippen LogP contribution in [0, 0.1) is 17.8 Å².